The summed E-state index contributed by atoms with van der Waals surface area (Å²) in [4.78, 5) is 0. The Bertz CT molecular complexity index is 1000. The van der Waals surface area contributed by atoms with Crippen molar-refractivity contribution in [3.8, 4) is 22.9 Å². The van der Waals surface area contributed by atoms with Crippen LogP contribution in [-0.4, -0.2) is 21.7 Å². The lowest BCUT2D eigenvalue weighted by atomic mass is 10.2. The van der Waals surface area contributed by atoms with Crippen molar-refractivity contribution in [2.75, 3.05) is 12.2 Å². The Kier molecular flexibility index (Phi) is 3.46. The molecular weight excluding hydrogens is 404 g/mol. The van der Waals surface area contributed by atoms with Crippen LogP contribution >= 0.6 is 27.7 Å². The number of halogens is 1. The average Bonchev–Trinajstić information content (AvgIpc) is 3.27. The average molecular weight is 415 g/mol. The Hall–Kier alpha value is -2.45. The molecule has 0 radical (unpaired) electrons. The maximum atomic E-state index is 5.46. The van der Waals surface area contributed by atoms with Gasteiger partial charge in [0.1, 0.15) is 0 Å². The molecule has 1 aromatic heterocycles. The summed E-state index contributed by atoms with van der Waals surface area (Å²) in [7, 11) is 0. The van der Waals surface area contributed by atoms with E-state index in [0.717, 1.165) is 43.8 Å². The Morgan fingerprint density at radius 3 is 2.68 bits per heavy atom. The molecule has 0 atom stereocenters. The van der Waals surface area contributed by atoms with Gasteiger partial charge in [-0.25, -0.2) is 4.68 Å². The summed E-state index contributed by atoms with van der Waals surface area (Å²) in [6.45, 7) is 0.251. The van der Waals surface area contributed by atoms with E-state index in [1.165, 1.54) is 11.8 Å². The molecular formula is C17H11BrN4O2S. The van der Waals surface area contributed by atoms with Crippen LogP contribution in [0.2, 0.25) is 0 Å². The van der Waals surface area contributed by atoms with Crippen LogP contribution in [0.15, 0.2) is 57.5 Å². The quantitative estimate of drug-likeness (QED) is 0.681. The van der Waals surface area contributed by atoms with Crippen molar-refractivity contribution in [1.29, 1.82) is 0 Å². The molecule has 124 valence electrons. The second-order valence-electron chi connectivity index (χ2n) is 5.48. The summed E-state index contributed by atoms with van der Waals surface area (Å²) in [5, 5.41) is 11.4. The zero-order valence-corrected chi connectivity index (χ0v) is 15.2. The van der Waals surface area contributed by atoms with Crippen molar-refractivity contribution in [2.24, 2.45) is 0 Å². The molecule has 0 amide bonds. The molecule has 5 rings (SSSR count). The number of thioether (sulfide) groups is 1. The van der Waals surface area contributed by atoms with Crippen molar-refractivity contribution in [2.45, 2.75) is 5.16 Å². The maximum absolute atomic E-state index is 5.46. The van der Waals surface area contributed by atoms with Crippen molar-refractivity contribution < 1.29 is 9.47 Å². The molecule has 0 fully saturated rings. The number of ether oxygens (including phenoxy) is 2. The molecule has 3 aromatic rings. The first-order valence-electron chi connectivity index (χ1n) is 7.53. The Balaban J connectivity index is 1.51. The molecule has 0 spiro atoms. The van der Waals surface area contributed by atoms with Gasteiger partial charge in [-0.1, -0.05) is 39.8 Å². The highest BCUT2D eigenvalue weighted by Crippen LogP contribution is 2.37. The zero-order chi connectivity index (χ0) is 16.8. The highest BCUT2D eigenvalue weighted by molar-refractivity contribution is 9.10. The number of rotatable bonds is 2. The summed E-state index contributed by atoms with van der Waals surface area (Å²) in [6, 6.07) is 13.9. The molecule has 0 unspecified atom stereocenters. The van der Waals surface area contributed by atoms with E-state index in [1.54, 1.807) is 0 Å². The third-order valence-electron chi connectivity index (χ3n) is 3.93. The first-order chi connectivity index (χ1) is 12.3. The van der Waals surface area contributed by atoms with Gasteiger partial charge in [-0.2, -0.15) is 0 Å². The van der Waals surface area contributed by atoms with Crippen molar-refractivity contribution >= 4 is 33.4 Å². The van der Waals surface area contributed by atoms with Gasteiger partial charge in [0, 0.05) is 21.0 Å². The first-order valence-corrected chi connectivity index (χ1v) is 9.20. The molecule has 25 heavy (non-hydrogen) atoms. The van der Waals surface area contributed by atoms with E-state index in [9.17, 15) is 0 Å². The van der Waals surface area contributed by atoms with Gasteiger partial charge in [0.25, 0.3) is 0 Å². The lowest BCUT2D eigenvalue weighted by Crippen LogP contribution is -2.18. The molecule has 8 heteroatoms. The molecule has 2 aliphatic rings. The summed E-state index contributed by atoms with van der Waals surface area (Å²) in [6.07, 6.45) is 0. The summed E-state index contributed by atoms with van der Waals surface area (Å²) in [5.74, 6) is 2.20. The maximum Gasteiger partial charge on any atom is 0.231 e. The van der Waals surface area contributed by atoms with E-state index in [2.05, 4.69) is 43.7 Å². The predicted molar refractivity (Wildman–Crippen MR) is 98.9 cm³/mol. The number of nitrogens with zero attached hydrogens (tertiary/aromatic N) is 3. The van der Waals surface area contributed by atoms with Crippen molar-refractivity contribution in [3.05, 3.63) is 57.9 Å². The fraction of sp³-hybridized carbons (Fsp3) is 0.0588. The van der Waals surface area contributed by atoms with Gasteiger partial charge >= 0.3 is 0 Å². The van der Waals surface area contributed by atoms with Crippen LogP contribution in [-0.2, 0) is 0 Å². The standard InChI is InChI=1S/C17H11BrN4O2S/c18-12-4-1-10(2-5-12)13-8-25-17-20-19-16(22(17)21-13)11-3-6-14-15(7-11)24-9-23-14/h1-8,21H,9H2. The van der Waals surface area contributed by atoms with E-state index in [-0.39, 0.29) is 6.79 Å². The molecule has 3 heterocycles. The van der Waals surface area contributed by atoms with Crippen LogP contribution in [0.25, 0.3) is 17.1 Å². The van der Waals surface area contributed by atoms with E-state index >= 15 is 0 Å². The number of hydrogen-bond donors (Lipinski definition) is 1. The summed E-state index contributed by atoms with van der Waals surface area (Å²) >= 11 is 5.00. The minimum atomic E-state index is 0.251. The number of hydrogen-bond acceptors (Lipinski definition) is 6. The lowest BCUT2D eigenvalue weighted by molar-refractivity contribution is 0.174. The molecule has 2 aliphatic heterocycles. The molecule has 6 nitrogen and oxygen atoms in total. The smallest absolute Gasteiger partial charge is 0.231 e. The number of benzene rings is 2. The molecule has 0 aliphatic carbocycles. The summed E-state index contributed by atoms with van der Waals surface area (Å²) < 4.78 is 13.8. The van der Waals surface area contributed by atoms with Crippen LogP contribution < -0.4 is 14.9 Å². The van der Waals surface area contributed by atoms with E-state index in [0.29, 0.717) is 0 Å². The second-order valence-corrected chi connectivity index (χ2v) is 7.23. The van der Waals surface area contributed by atoms with E-state index < -0.39 is 0 Å². The topological polar surface area (TPSA) is 61.2 Å². The Morgan fingerprint density at radius 1 is 1.00 bits per heavy atom. The normalized spacial score (nSPS) is 14.7. The number of nitrogens with one attached hydrogen (secondary N) is 1. The van der Waals surface area contributed by atoms with Crippen LogP contribution in [0.1, 0.15) is 5.56 Å². The summed E-state index contributed by atoms with van der Waals surface area (Å²) in [5.41, 5.74) is 6.38. The van der Waals surface area contributed by atoms with E-state index in [4.69, 9.17) is 9.47 Å². The molecule has 0 saturated carbocycles. The van der Waals surface area contributed by atoms with Gasteiger partial charge in [0.15, 0.2) is 17.3 Å². The van der Waals surface area contributed by atoms with Crippen molar-refractivity contribution in [3.63, 3.8) is 0 Å². The largest absolute Gasteiger partial charge is 0.454 e. The molecule has 2 aromatic carbocycles. The van der Waals surface area contributed by atoms with Gasteiger partial charge < -0.3 is 9.47 Å². The van der Waals surface area contributed by atoms with Gasteiger partial charge in [0.05, 0.1) is 5.70 Å². The molecule has 0 saturated heterocycles. The van der Waals surface area contributed by atoms with Crippen LogP contribution in [0.4, 0.5) is 0 Å². The fourth-order valence-electron chi connectivity index (χ4n) is 2.69. The minimum Gasteiger partial charge on any atom is -0.454 e. The SMILES string of the molecule is Brc1ccc(C2=CSc3nnc(-c4ccc5c(c4)OCO5)n3N2)cc1. The van der Waals surface area contributed by atoms with Crippen LogP contribution in [0.3, 0.4) is 0 Å². The highest BCUT2D eigenvalue weighted by Gasteiger charge is 2.21. The van der Waals surface area contributed by atoms with Gasteiger partial charge in [-0.05, 0) is 30.3 Å². The third-order valence-corrected chi connectivity index (χ3v) is 5.29. The van der Waals surface area contributed by atoms with Crippen molar-refractivity contribution in [1.82, 2.24) is 14.9 Å². The fourth-order valence-corrected chi connectivity index (χ4v) is 3.69. The zero-order valence-electron chi connectivity index (χ0n) is 12.8. The molecule has 1 N–H and O–H groups in total. The van der Waals surface area contributed by atoms with Gasteiger partial charge in [-0.15, -0.1) is 10.2 Å². The Morgan fingerprint density at radius 2 is 1.80 bits per heavy atom. The van der Waals surface area contributed by atoms with E-state index in [1.807, 2.05) is 40.4 Å². The van der Waals surface area contributed by atoms with Crippen LogP contribution in [0, 0.1) is 0 Å². The lowest BCUT2D eigenvalue weighted by Gasteiger charge is -2.19. The van der Waals surface area contributed by atoms with Gasteiger partial charge in [0.2, 0.25) is 11.9 Å². The number of fused-ring (bicyclic) bond motifs is 2. The van der Waals surface area contributed by atoms with Gasteiger partial charge in [-0.3, -0.25) is 5.43 Å². The predicted octanol–water partition coefficient (Wildman–Crippen LogP) is 4.08. The number of aromatic nitrogens is 3. The monoisotopic (exact) mass is 414 g/mol. The Labute approximate surface area is 156 Å². The van der Waals surface area contributed by atoms with Crippen LogP contribution in [0.5, 0.6) is 11.5 Å². The minimum absolute atomic E-state index is 0.251. The molecule has 0 bridgehead atoms. The first kappa shape index (κ1) is 14.9. The third kappa shape index (κ3) is 2.58. The highest BCUT2D eigenvalue weighted by atomic mass is 79.9. The second kappa shape index (κ2) is 5.82.